The van der Waals surface area contributed by atoms with Crippen LogP contribution in [0, 0.1) is 11.3 Å². The minimum atomic E-state index is -4.46. The van der Waals surface area contributed by atoms with Crippen molar-refractivity contribution in [2.75, 3.05) is 0 Å². The standard InChI is InChI=1S/C8H3AsF3N.H3NO2S/c9-7-3-1-2-6(5(7)4-13)8(10,11)12;1-4(2)3/h1-3H;1H2,(H,2,3)/p-1. The van der Waals surface area contributed by atoms with Gasteiger partial charge in [-0.2, -0.15) is 0 Å². The number of hydrogen-bond donors (Lipinski definition) is 1. The average Bonchev–Trinajstić information content (AvgIpc) is 2.15. The van der Waals surface area contributed by atoms with Gasteiger partial charge in [-0.25, -0.2) is 0 Å². The molecule has 0 fully saturated rings. The Balaban J connectivity index is 0.000000557. The van der Waals surface area contributed by atoms with Crippen molar-refractivity contribution < 1.29 is 21.9 Å². The fraction of sp³-hybridized carbons (Fsp3) is 0.125. The van der Waals surface area contributed by atoms with Gasteiger partial charge in [-0.05, 0) is 0 Å². The molecule has 92 valence electrons. The van der Waals surface area contributed by atoms with Gasteiger partial charge in [0.05, 0.1) is 0 Å². The number of alkyl halides is 3. The van der Waals surface area contributed by atoms with E-state index in [9.17, 15) is 13.2 Å². The molecule has 0 heterocycles. The Morgan fingerprint density at radius 1 is 1.47 bits per heavy atom. The molecular formula is C8H5AsF3N2O2S-. The van der Waals surface area contributed by atoms with Crippen molar-refractivity contribution in [1.29, 1.82) is 5.26 Å². The molecule has 17 heavy (non-hydrogen) atoms. The van der Waals surface area contributed by atoms with Crippen LogP contribution < -0.4 is 9.49 Å². The Kier molecular flexibility index (Phi) is 6.42. The molecule has 9 heteroatoms. The Labute approximate surface area is 107 Å². The molecule has 0 aliphatic heterocycles. The normalized spacial score (nSPS) is 12.1. The van der Waals surface area contributed by atoms with Crippen molar-refractivity contribution in [1.82, 2.24) is 0 Å². The topological polar surface area (TPSA) is 89.9 Å². The van der Waals surface area contributed by atoms with E-state index in [1.165, 1.54) is 18.2 Å². The van der Waals surface area contributed by atoms with Crippen LogP contribution in [-0.2, 0) is 17.4 Å². The van der Waals surface area contributed by atoms with Crippen LogP contribution in [-0.4, -0.2) is 25.6 Å². The van der Waals surface area contributed by atoms with Crippen LogP contribution in [0.2, 0.25) is 0 Å². The minimum absolute atomic E-state index is 0.282. The number of halogens is 3. The molecule has 2 N–H and O–H groups in total. The quantitative estimate of drug-likeness (QED) is 0.542. The summed E-state index contributed by atoms with van der Waals surface area (Å²) >= 11 is -0.415. The Hall–Kier alpha value is -0.872. The molecule has 0 saturated heterocycles. The Morgan fingerprint density at radius 3 is 2.24 bits per heavy atom. The maximum absolute atomic E-state index is 12.3. The van der Waals surface area contributed by atoms with E-state index in [-0.39, 0.29) is 9.91 Å². The third-order valence-electron chi connectivity index (χ3n) is 1.46. The molecule has 0 saturated carbocycles. The maximum Gasteiger partial charge on any atom is 0.0152 e. The van der Waals surface area contributed by atoms with Crippen LogP contribution in [0.15, 0.2) is 18.2 Å². The number of rotatable bonds is 0. The SMILES string of the molecule is N#Cc1c([As])cccc1C(F)(F)F.NS(=O)[O-]. The summed E-state index contributed by atoms with van der Waals surface area (Å²) < 4.78 is 54.6. The van der Waals surface area contributed by atoms with Crippen molar-refractivity contribution in [3.8, 4) is 6.07 Å². The second-order valence-corrected chi connectivity index (χ2v) is 4.10. The van der Waals surface area contributed by atoms with E-state index in [4.69, 9.17) is 14.0 Å². The van der Waals surface area contributed by atoms with Gasteiger partial charge in [-0.3, -0.25) is 9.35 Å². The average molecular weight is 325 g/mol. The van der Waals surface area contributed by atoms with Crippen molar-refractivity contribution in [2.24, 2.45) is 5.14 Å². The molecule has 0 aromatic heterocycles. The molecule has 1 aromatic carbocycles. The summed E-state index contributed by atoms with van der Waals surface area (Å²) in [5.41, 5.74) is -1.21. The van der Waals surface area contributed by atoms with E-state index in [2.05, 4.69) is 5.14 Å². The Morgan fingerprint density at radius 2 is 1.94 bits per heavy atom. The number of benzene rings is 1. The first kappa shape index (κ1) is 16.1. The van der Waals surface area contributed by atoms with Gasteiger partial charge >= 0.3 is 81.2 Å². The Bertz CT molecular complexity index is 455. The van der Waals surface area contributed by atoms with Crippen molar-refractivity contribution >= 4 is 32.5 Å². The molecule has 1 rings (SSSR count). The number of nitrogens with two attached hydrogens (primary N) is 1. The largest absolute Gasteiger partial charge is 0.760 e. The van der Waals surface area contributed by atoms with Gasteiger partial charge in [0.2, 0.25) is 0 Å². The second kappa shape index (κ2) is 6.76. The molecule has 0 aliphatic rings. The van der Waals surface area contributed by atoms with Gasteiger partial charge in [0.15, 0.2) is 0 Å². The van der Waals surface area contributed by atoms with Crippen molar-refractivity contribution in [3.63, 3.8) is 0 Å². The number of nitriles is 1. The van der Waals surface area contributed by atoms with Crippen molar-refractivity contribution in [2.45, 2.75) is 6.18 Å². The molecule has 0 spiro atoms. The molecule has 4 nitrogen and oxygen atoms in total. The minimum Gasteiger partial charge on any atom is -0.760 e. The van der Waals surface area contributed by atoms with E-state index in [1.807, 2.05) is 16.9 Å². The van der Waals surface area contributed by atoms with E-state index in [0.29, 0.717) is 0 Å². The number of hydrogen-bond acceptors (Lipinski definition) is 3. The fourth-order valence-electron chi connectivity index (χ4n) is 0.894. The van der Waals surface area contributed by atoms with Crippen molar-refractivity contribution in [3.05, 3.63) is 29.3 Å². The predicted octanol–water partition coefficient (Wildman–Crippen LogP) is 0.110. The summed E-state index contributed by atoms with van der Waals surface area (Å²) in [5, 5.41) is 12.5. The first-order valence-electron chi connectivity index (χ1n) is 3.83. The van der Waals surface area contributed by atoms with Gasteiger partial charge in [-0.15, -0.1) is 0 Å². The molecule has 0 amide bonds. The summed E-state index contributed by atoms with van der Waals surface area (Å²) in [7, 11) is 0. The first-order chi connectivity index (χ1) is 7.70. The molecule has 1 atom stereocenters. The van der Waals surface area contributed by atoms with Crippen LogP contribution in [0.3, 0.4) is 0 Å². The maximum atomic E-state index is 12.3. The molecule has 1 aromatic rings. The zero-order valence-electron chi connectivity index (χ0n) is 8.06. The summed E-state index contributed by atoms with van der Waals surface area (Å²) in [6, 6.07) is 5.16. The van der Waals surface area contributed by atoms with Crippen LogP contribution in [0.4, 0.5) is 13.2 Å². The smallest absolute Gasteiger partial charge is 0.0152 e. The van der Waals surface area contributed by atoms with E-state index in [0.717, 1.165) is 6.07 Å². The van der Waals surface area contributed by atoms with E-state index in [1.54, 1.807) is 0 Å². The summed E-state index contributed by atoms with van der Waals surface area (Å²) in [4.78, 5) is 0. The molecule has 0 bridgehead atoms. The summed E-state index contributed by atoms with van der Waals surface area (Å²) in [6.45, 7) is 0. The zero-order valence-corrected chi connectivity index (χ0v) is 10.8. The van der Waals surface area contributed by atoms with Crippen LogP contribution in [0.25, 0.3) is 0 Å². The molecule has 0 aliphatic carbocycles. The zero-order chi connectivity index (χ0) is 13.6. The van der Waals surface area contributed by atoms with Crippen LogP contribution in [0.5, 0.6) is 0 Å². The summed E-state index contributed by atoms with van der Waals surface area (Å²) in [6.07, 6.45) is -4.46. The van der Waals surface area contributed by atoms with Gasteiger partial charge in [0.25, 0.3) is 0 Å². The summed E-state index contributed by atoms with van der Waals surface area (Å²) in [5.74, 6) is 0. The second-order valence-electron chi connectivity index (χ2n) is 2.57. The monoisotopic (exact) mass is 325 g/mol. The van der Waals surface area contributed by atoms with Crippen LogP contribution >= 0.6 is 0 Å². The van der Waals surface area contributed by atoms with Gasteiger partial charge in [-0.1, -0.05) is 0 Å². The molecule has 1 unspecified atom stereocenters. The molecule has 2 radical (unpaired) electrons. The van der Waals surface area contributed by atoms with E-state index < -0.39 is 23.0 Å². The first-order valence-corrected chi connectivity index (χ1v) is 5.90. The molecular weight excluding hydrogens is 320 g/mol. The third-order valence-corrected chi connectivity index (χ3v) is 2.24. The van der Waals surface area contributed by atoms with Crippen LogP contribution in [0.1, 0.15) is 11.1 Å². The van der Waals surface area contributed by atoms with E-state index >= 15 is 0 Å². The van der Waals surface area contributed by atoms with Gasteiger partial charge < -0.3 is 4.55 Å². The number of nitrogens with zero attached hydrogens (tertiary/aromatic N) is 1. The predicted molar refractivity (Wildman–Crippen MR) is 54.7 cm³/mol. The van der Waals surface area contributed by atoms with Gasteiger partial charge in [0, 0.05) is 11.3 Å². The fourth-order valence-corrected chi connectivity index (χ4v) is 1.43. The van der Waals surface area contributed by atoms with Gasteiger partial charge in [0.1, 0.15) is 0 Å². The third kappa shape index (κ3) is 5.84.